The molecule has 25 heavy (non-hydrogen) atoms. The standard InChI is InChI=1S/C20H25N3O2/c21-19-7-2-1-4-15(19)8-11-22-17-9-12-23(13-10-17)18-6-3-5-16(14-18)20(24)25/h1-7,14,17,22H,8-13,21H2,(H,24,25). The van der Waals surface area contributed by atoms with E-state index in [0.29, 0.717) is 11.6 Å². The third kappa shape index (κ3) is 4.51. The summed E-state index contributed by atoms with van der Waals surface area (Å²) in [6, 6.07) is 15.7. The largest absolute Gasteiger partial charge is 0.478 e. The van der Waals surface area contributed by atoms with Gasteiger partial charge in [-0.15, -0.1) is 0 Å². The number of rotatable bonds is 6. The minimum Gasteiger partial charge on any atom is -0.478 e. The number of nitrogen functional groups attached to an aromatic ring is 1. The van der Waals surface area contributed by atoms with Crippen molar-refractivity contribution in [3.05, 3.63) is 59.7 Å². The normalized spacial score (nSPS) is 15.3. The zero-order chi connectivity index (χ0) is 17.6. The molecule has 1 fully saturated rings. The summed E-state index contributed by atoms with van der Waals surface area (Å²) >= 11 is 0. The lowest BCUT2D eigenvalue weighted by molar-refractivity contribution is 0.0697. The molecular weight excluding hydrogens is 314 g/mol. The molecule has 5 heteroatoms. The summed E-state index contributed by atoms with van der Waals surface area (Å²) in [4.78, 5) is 13.4. The molecule has 5 nitrogen and oxygen atoms in total. The van der Waals surface area contributed by atoms with Crippen LogP contribution in [-0.4, -0.2) is 36.8 Å². The smallest absolute Gasteiger partial charge is 0.335 e. The molecule has 1 saturated heterocycles. The van der Waals surface area contributed by atoms with Gasteiger partial charge < -0.3 is 21.1 Å². The number of nitrogens with two attached hydrogens (primary N) is 1. The van der Waals surface area contributed by atoms with Gasteiger partial charge in [0.25, 0.3) is 0 Å². The summed E-state index contributed by atoms with van der Waals surface area (Å²) in [5.41, 5.74) is 9.37. The molecule has 4 N–H and O–H groups in total. The fourth-order valence-corrected chi connectivity index (χ4v) is 3.35. The van der Waals surface area contributed by atoms with Gasteiger partial charge in [0.1, 0.15) is 0 Å². The molecule has 0 spiro atoms. The van der Waals surface area contributed by atoms with Crippen molar-refractivity contribution in [2.75, 3.05) is 30.3 Å². The minimum absolute atomic E-state index is 0.346. The van der Waals surface area contributed by atoms with Crippen molar-refractivity contribution in [2.24, 2.45) is 0 Å². The minimum atomic E-state index is -0.876. The second kappa shape index (κ2) is 8.03. The van der Waals surface area contributed by atoms with Crippen LogP contribution in [0.3, 0.4) is 0 Å². The number of anilines is 2. The van der Waals surface area contributed by atoms with E-state index in [0.717, 1.165) is 50.3 Å². The van der Waals surface area contributed by atoms with Crippen LogP contribution in [0.2, 0.25) is 0 Å². The highest BCUT2D eigenvalue weighted by Crippen LogP contribution is 2.21. The Morgan fingerprint density at radius 2 is 1.92 bits per heavy atom. The van der Waals surface area contributed by atoms with Gasteiger partial charge in [-0.25, -0.2) is 4.79 Å². The molecule has 0 unspecified atom stereocenters. The average Bonchev–Trinajstić information content (AvgIpc) is 2.64. The first-order chi connectivity index (χ1) is 12.1. The van der Waals surface area contributed by atoms with E-state index < -0.39 is 5.97 Å². The molecule has 1 aliphatic heterocycles. The quantitative estimate of drug-likeness (QED) is 0.705. The number of nitrogens with zero attached hydrogens (tertiary/aromatic N) is 1. The van der Waals surface area contributed by atoms with Crippen molar-refractivity contribution in [2.45, 2.75) is 25.3 Å². The summed E-state index contributed by atoms with van der Waals surface area (Å²) in [6.45, 7) is 2.80. The Morgan fingerprint density at radius 1 is 1.16 bits per heavy atom. The Hall–Kier alpha value is -2.53. The number of para-hydroxylation sites is 1. The van der Waals surface area contributed by atoms with Crippen molar-refractivity contribution >= 4 is 17.3 Å². The SMILES string of the molecule is Nc1ccccc1CCNC1CCN(c2cccc(C(=O)O)c2)CC1. The number of nitrogens with one attached hydrogen (secondary N) is 1. The van der Waals surface area contributed by atoms with E-state index >= 15 is 0 Å². The van der Waals surface area contributed by atoms with Gasteiger partial charge in [-0.3, -0.25) is 0 Å². The predicted molar refractivity (Wildman–Crippen MR) is 101 cm³/mol. The van der Waals surface area contributed by atoms with Gasteiger partial charge >= 0.3 is 5.97 Å². The number of aromatic carboxylic acids is 1. The maximum atomic E-state index is 11.1. The lowest BCUT2D eigenvalue weighted by atomic mass is 10.0. The lowest BCUT2D eigenvalue weighted by Gasteiger charge is -2.34. The van der Waals surface area contributed by atoms with Gasteiger partial charge in [0, 0.05) is 30.5 Å². The van der Waals surface area contributed by atoms with Crippen LogP contribution in [0.5, 0.6) is 0 Å². The van der Waals surface area contributed by atoms with Gasteiger partial charge in [-0.05, 0) is 55.6 Å². The van der Waals surface area contributed by atoms with E-state index in [-0.39, 0.29) is 0 Å². The Morgan fingerprint density at radius 3 is 2.64 bits per heavy atom. The van der Waals surface area contributed by atoms with E-state index in [1.54, 1.807) is 12.1 Å². The fraction of sp³-hybridized carbons (Fsp3) is 0.350. The molecule has 132 valence electrons. The van der Waals surface area contributed by atoms with Crippen LogP contribution in [0.25, 0.3) is 0 Å². The number of piperidine rings is 1. The Labute approximate surface area is 148 Å². The first-order valence-electron chi connectivity index (χ1n) is 8.78. The summed E-state index contributed by atoms with van der Waals surface area (Å²) in [5.74, 6) is -0.876. The highest BCUT2D eigenvalue weighted by Gasteiger charge is 2.19. The molecule has 0 aliphatic carbocycles. The third-order valence-corrected chi connectivity index (χ3v) is 4.84. The highest BCUT2D eigenvalue weighted by molar-refractivity contribution is 5.88. The maximum Gasteiger partial charge on any atom is 0.335 e. The van der Waals surface area contributed by atoms with E-state index in [1.807, 2.05) is 30.3 Å². The zero-order valence-electron chi connectivity index (χ0n) is 14.3. The van der Waals surface area contributed by atoms with E-state index in [9.17, 15) is 4.79 Å². The average molecular weight is 339 g/mol. The number of hydrogen-bond acceptors (Lipinski definition) is 4. The van der Waals surface area contributed by atoms with Gasteiger partial charge in [-0.1, -0.05) is 24.3 Å². The Bertz CT molecular complexity index is 724. The Kier molecular flexibility index (Phi) is 5.56. The van der Waals surface area contributed by atoms with E-state index in [2.05, 4.69) is 16.3 Å². The molecular formula is C20H25N3O2. The van der Waals surface area contributed by atoms with Crippen LogP contribution in [0.1, 0.15) is 28.8 Å². The monoisotopic (exact) mass is 339 g/mol. The van der Waals surface area contributed by atoms with Crippen molar-refractivity contribution in [3.8, 4) is 0 Å². The van der Waals surface area contributed by atoms with Crippen LogP contribution >= 0.6 is 0 Å². The first kappa shape index (κ1) is 17.3. The van der Waals surface area contributed by atoms with Crippen molar-refractivity contribution < 1.29 is 9.90 Å². The van der Waals surface area contributed by atoms with Crippen LogP contribution in [0, 0.1) is 0 Å². The van der Waals surface area contributed by atoms with Crippen LogP contribution in [0.15, 0.2) is 48.5 Å². The topological polar surface area (TPSA) is 78.6 Å². The molecule has 2 aromatic rings. The van der Waals surface area contributed by atoms with Gasteiger partial charge in [0.2, 0.25) is 0 Å². The molecule has 3 rings (SSSR count). The molecule has 1 heterocycles. The number of carbonyl (C=O) groups is 1. The number of hydrogen-bond donors (Lipinski definition) is 3. The van der Waals surface area contributed by atoms with Crippen LogP contribution in [0.4, 0.5) is 11.4 Å². The zero-order valence-corrected chi connectivity index (χ0v) is 14.3. The van der Waals surface area contributed by atoms with Gasteiger partial charge in [0.15, 0.2) is 0 Å². The molecule has 0 aromatic heterocycles. The molecule has 0 amide bonds. The number of benzene rings is 2. The maximum absolute atomic E-state index is 11.1. The van der Waals surface area contributed by atoms with Crippen LogP contribution < -0.4 is 16.0 Å². The fourth-order valence-electron chi connectivity index (χ4n) is 3.35. The second-order valence-electron chi connectivity index (χ2n) is 6.52. The number of carboxylic acid groups (broad SMARTS) is 1. The Balaban J connectivity index is 1.46. The molecule has 0 radical (unpaired) electrons. The van der Waals surface area contributed by atoms with Gasteiger partial charge in [0.05, 0.1) is 5.56 Å². The van der Waals surface area contributed by atoms with Crippen LogP contribution in [-0.2, 0) is 6.42 Å². The molecule has 2 aromatic carbocycles. The highest BCUT2D eigenvalue weighted by atomic mass is 16.4. The van der Waals surface area contributed by atoms with Crippen molar-refractivity contribution in [1.29, 1.82) is 0 Å². The summed E-state index contributed by atoms with van der Waals surface area (Å²) in [6.07, 6.45) is 3.05. The summed E-state index contributed by atoms with van der Waals surface area (Å²) in [7, 11) is 0. The van der Waals surface area contributed by atoms with E-state index in [4.69, 9.17) is 10.8 Å². The van der Waals surface area contributed by atoms with Gasteiger partial charge in [-0.2, -0.15) is 0 Å². The lowest BCUT2D eigenvalue weighted by Crippen LogP contribution is -2.43. The third-order valence-electron chi connectivity index (χ3n) is 4.84. The second-order valence-corrected chi connectivity index (χ2v) is 6.52. The molecule has 0 atom stereocenters. The van der Waals surface area contributed by atoms with Crippen molar-refractivity contribution in [3.63, 3.8) is 0 Å². The van der Waals surface area contributed by atoms with E-state index in [1.165, 1.54) is 5.56 Å². The molecule has 0 saturated carbocycles. The summed E-state index contributed by atoms with van der Waals surface area (Å²) in [5, 5.41) is 12.7. The number of carboxylic acids is 1. The first-order valence-corrected chi connectivity index (χ1v) is 8.78. The molecule has 1 aliphatic rings. The molecule has 0 bridgehead atoms. The predicted octanol–water partition coefficient (Wildman–Crippen LogP) is 2.77. The van der Waals surface area contributed by atoms with Crippen molar-refractivity contribution in [1.82, 2.24) is 5.32 Å². The summed E-state index contributed by atoms with van der Waals surface area (Å²) < 4.78 is 0.